The molecule has 0 amide bonds. The zero-order valence-electron chi connectivity index (χ0n) is 10.0. The lowest BCUT2D eigenvalue weighted by Crippen LogP contribution is -1.86. The summed E-state index contributed by atoms with van der Waals surface area (Å²) in [5, 5.41) is 0. The van der Waals surface area contributed by atoms with Crippen molar-refractivity contribution in [2.24, 2.45) is 0 Å². The van der Waals surface area contributed by atoms with Gasteiger partial charge in [-0.3, -0.25) is 0 Å². The average Bonchev–Trinajstić information content (AvgIpc) is 2.37. The number of nitrogen functional groups attached to an aromatic ring is 1. The first kappa shape index (κ1) is 12.8. The molecule has 0 fully saturated rings. The third kappa shape index (κ3) is 4.03. The molecule has 0 saturated heterocycles. The second-order valence-corrected chi connectivity index (χ2v) is 3.48. The summed E-state index contributed by atoms with van der Waals surface area (Å²) in [6.45, 7) is 8.05. The number of aryl methyl sites for hydroxylation is 1. The molecule has 2 heteroatoms. The van der Waals surface area contributed by atoms with E-state index in [1.54, 1.807) is 0 Å². The first-order valence-corrected chi connectivity index (χ1v) is 5.34. The summed E-state index contributed by atoms with van der Waals surface area (Å²) in [5.41, 5.74) is 7.55. The molecule has 17 heavy (non-hydrogen) atoms. The number of ether oxygens (including phenoxy) is 1. The summed E-state index contributed by atoms with van der Waals surface area (Å²) < 4.78 is 5.63. The smallest absolute Gasteiger partial charge is 0.127 e. The highest BCUT2D eigenvalue weighted by Crippen LogP contribution is 2.22. The minimum atomic E-state index is 0.742. The van der Waals surface area contributed by atoms with E-state index < -0.39 is 0 Å². The minimum absolute atomic E-state index is 0.742. The zero-order valence-corrected chi connectivity index (χ0v) is 10.0. The summed E-state index contributed by atoms with van der Waals surface area (Å²) in [4.78, 5) is 0. The van der Waals surface area contributed by atoms with Gasteiger partial charge in [0.05, 0.1) is 0 Å². The van der Waals surface area contributed by atoms with Crippen LogP contribution < -0.4 is 10.5 Å². The largest absolute Gasteiger partial charge is 0.457 e. The standard InChI is InChI=1S/C13H13NO.C2H4/c1-10-2-6-12(7-3-10)15-13-8-4-11(14)5-9-13;1-2/h2-9H,14H2,1H3;1-2H2. The van der Waals surface area contributed by atoms with Crippen LogP contribution in [0.15, 0.2) is 61.7 Å². The van der Waals surface area contributed by atoms with Crippen LogP contribution in [-0.2, 0) is 0 Å². The van der Waals surface area contributed by atoms with Gasteiger partial charge in [0.2, 0.25) is 0 Å². The summed E-state index contributed by atoms with van der Waals surface area (Å²) in [7, 11) is 0. The third-order valence-electron chi connectivity index (χ3n) is 2.14. The molecule has 2 rings (SSSR count). The maximum atomic E-state index is 5.63. The van der Waals surface area contributed by atoms with Gasteiger partial charge in [-0.2, -0.15) is 0 Å². The van der Waals surface area contributed by atoms with Gasteiger partial charge in [-0.1, -0.05) is 17.7 Å². The molecular formula is C15H17NO. The Hall–Kier alpha value is -2.22. The zero-order chi connectivity index (χ0) is 12.7. The molecule has 2 aromatic carbocycles. The highest BCUT2D eigenvalue weighted by atomic mass is 16.5. The lowest BCUT2D eigenvalue weighted by atomic mass is 10.2. The van der Waals surface area contributed by atoms with Gasteiger partial charge in [-0.15, -0.1) is 13.2 Å². The van der Waals surface area contributed by atoms with E-state index in [2.05, 4.69) is 13.2 Å². The minimum Gasteiger partial charge on any atom is -0.457 e. The van der Waals surface area contributed by atoms with E-state index >= 15 is 0 Å². The second kappa shape index (κ2) is 6.38. The quantitative estimate of drug-likeness (QED) is 0.617. The van der Waals surface area contributed by atoms with Gasteiger partial charge in [-0.25, -0.2) is 0 Å². The third-order valence-corrected chi connectivity index (χ3v) is 2.14. The van der Waals surface area contributed by atoms with Crippen molar-refractivity contribution >= 4 is 5.69 Å². The molecule has 0 bridgehead atoms. The highest BCUT2D eigenvalue weighted by Gasteiger charge is 1.95. The first-order valence-electron chi connectivity index (χ1n) is 5.34. The van der Waals surface area contributed by atoms with Crippen molar-refractivity contribution in [1.82, 2.24) is 0 Å². The molecule has 0 aromatic heterocycles. The Balaban J connectivity index is 0.000000686. The molecule has 0 radical (unpaired) electrons. The molecule has 2 N–H and O–H groups in total. The van der Waals surface area contributed by atoms with Crippen molar-refractivity contribution in [2.45, 2.75) is 6.92 Å². The number of hydrogen-bond acceptors (Lipinski definition) is 2. The topological polar surface area (TPSA) is 35.2 Å². The lowest BCUT2D eigenvalue weighted by molar-refractivity contribution is 0.482. The van der Waals surface area contributed by atoms with E-state index in [1.807, 2.05) is 55.5 Å². The molecule has 0 aliphatic heterocycles. The normalized spacial score (nSPS) is 9.00. The Bertz CT molecular complexity index is 402. The number of rotatable bonds is 2. The van der Waals surface area contributed by atoms with E-state index in [-0.39, 0.29) is 0 Å². The van der Waals surface area contributed by atoms with Crippen molar-refractivity contribution in [3.63, 3.8) is 0 Å². The van der Waals surface area contributed by atoms with Gasteiger partial charge in [-0.05, 0) is 43.3 Å². The van der Waals surface area contributed by atoms with Crippen LogP contribution in [0.3, 0.4) is 0 Å². The van der Waals surface area contributed by atoms with Crippen LogP contribution in [0.5, 0.6) is 11.5 Å². The average molecular weight is 227 g/mol. The molecule has 0 atom stereocenters. The van der Waals surface area contributed by atoms with E-state index in [1.165, 1.54) is 5.56 Å². The van der Waals surface area contributed by atoms with Crippen LogP contribution in [0.25, 0.3) is 0 Å². The fourth-order valence-electron chi connectivity index (χ4n) is 1.28. The monoisotopic (exact) mass is 227 g/mol. The van der Waals surface area contributed by atoms with E-state index in [0.717, 1.165) is 17.2 Å². The maximum absolute atomic E-state index is 5.63. The number of nitrogens with two attached hydrogens (primary N) is 1. The van der Waals surface area contributed by atoms with Crippen molar-refractivity contribution in [3.8, 4) is 11.5 Å². The van der Waals surface area contributed by atoms with Gasteiger partial charge in [0, 0.05) is 5.69 Å². The molecule has 2 aromatic rings. The molecule has 88 valence electrons. The predicted molar refractivity (Wildman–Crippen MR) is 73.4 cm³/mol. The van der Waals surface area contributed by atoms with E-state index in [9.17, 15) is 0 Å². The molecule has 0 heterocycles. The molecule has 0 unspecified atom stereocenters. The number of benzene rings is 2. The summed E-state index contributed by atoms with van der Waals surface area (Å²) in [6.07, 6.45) is 0. The van der Waals surface area contributed by atoms with Crippen LogP contribution in [0, 0.1) is 6.92 Å². The van der Waals surface area contributed by atoms with Crippen LogP contribution in [0.2, 0.25) is 0 Å². The lowest BCUT2D eigenvalue weighted by Gasteiger charge is -2.05. The van der Waals surface area contributed by atoms with Crippen LogP contribution >= 0.6 is 0 Å². The molecule has 0 aliphatic rings. The first-order chi connectivity index (χ1) is 8.24. The Kier molecular flexibility index (Phi) is 4.82. The highest BCUT2D eigenvalue weighted by molar-refractivity contribution is 5.43. The van der Waals surface area contributed by atoms with Gasteiger partial charge < -0.3 is 10.5 Å². The summed E-state index contributed by atoms with van der Waals surface area (Å²) in [6, 6.07) is 15.3. The Morgan fingerprint density at radius 2 is 1.24 bits per heavy atom. The number of hydrogen-bond donors (Lipinski definition) is 1. The SMILES string of the molecule is C=C.Cc1ccc(Oc2ccc(N)cc2)cc1. The molecule has 0 aliphatic carbocycles. The molecule has 0 saturated carbocycles. The summed E-state index contributed by atoms with van der Waals surface area (Å²) >= 11 is 0. The van der Waals surface area contributed by atoms with E-state index in [0.29, 0.717) is 0 Å². The number of anilines is 1. The van der Waals surface area contributed by atoms with Gasteiger partial charge in [0.1, 0.15) is 11.5 Å². The molecule has 0 spiro atoms. The predicted octanol–water partition coefficient (Wildman–Crippen LogP) is 4.17. The maximum Gasteiger partial charge on any atom is 0.127 e. The van der Waals surface area contributed by atoms with Crippen molar-refractivity contribution < 1.29 is 4.74 Å². The Labute approximate surface area is 102 Å². The van der Waals surface area contributed by atoms with Crippen LogP contribution in [-0.4, -0.2) is 0 Å². The fraction of sp³-hybridized carbons (Fsp3) is 0.0667. The molecular weight excluding hydrogens is 210 g/mol. The van der Waals surface area contributed by atoms with Crippen LogP contribution in [0.1, 0.15) is 5.56 Å². The van der Waals surface area contributed by atoms with Crippen molar-refractivity contribution in [3.05, 3.63) is 67.3 Å². The Morgan fingerprint density at radius 3 is 1.71 bits per heavy atom. The van der Waals surface area contributed by atoms with Crippen molar-refractivity contribution in [1.29, 1.82) is 0 Å². The van der Waals surface area contributed by atoms with Crippen molar-refractivity contribution in [2.75, 3.05) is 5.73 Å². The second-order valence-electron chi connectivity index (χ2n) is 3.48. The van der Waals surface area contributed by atoms with Gasteiger partial charge in [0.15, 0.2) is 0 Å². The Morgan fingerprint density at radius 1 is 0.824 bits per heavy atom. The molecule has 2 nitrogen and oxygen atoms in total. The summed E-state index contributed by atoms with van der Waals surface area (Å²) in [5.74, 6) is 1.64. The fourth-order valence-corrected chi connectivity index (χ4v) is 1.28. The van der Waals surface area contributed by atoms with Crippen LogP contribution in [0.4, 0.5) is 5.69 Å². The van der Waals surface area contributed by atoms with Gasteiger partial charge >= 0.3 is 0 Å². The van der Waals surface area contributed by atoms with E-state index in [4.69, 9.17) is 10.5 Å². The van der Waals surface area contributed by atoms with Gasteiger partial charge in [0.25, 0.3) is 0 Å².